The predicted octanol–water partition coefficient (Wildman–Crippen LogP) is 5.11. The molecule has 0 aliphatic carbocycles. The van der Waals surface area contributed by atoms with Gasteiger partial charge in [0, 0.05) is 16.8 Å². The molecule has 0 bridgehead atoms. The Bertz CT molecular complexity index is 1310. The van der Waals surface area contributed by atoms with Crippen LogP contribution in [0.4, 0.5) is 14.5 Å². The van der Waals surface area contributed by atoms with E-state index in [0.29, 0.717) is 26.1 Å². The van der Waals surface area contributed by atoms with E-state index in [1.807, 2.05) is 0 Å². The van der Waals surface area contributed by atoms with Gasteiger partial charge in [-0.1, -0.05) is 23.4 Å². The number of amides is 1. The minimum atomic E-state index is -1.05. The SMILES string of the molecule is O=C(CSc1nc2ccsc2c(=O)n1-c1ccc(Cl)cc1)Nc1ccc(F)c(F)c1. The Kier molecular flexibility index (Phi) is 5.85. The number of thioether (sulfide) groups is 1. The van der Waals surface area contributed by atoms with E-state index in [2.05, 4.69) is 10.3 Å². The number of hydrogen-bond donors (Lipinski definition) is 1. The van der Waals surface area contributed by atoms with Gasteiger partial charge < -0.3 is 5.32 Å². The zero-order valence-electron chi connectivity index (χ0n) is 15.1. The van der Waals surface area contributed by atoms with E-state index in [4.69, 9.17) is 11.6 Å². The maximum atomic E-state index is 13.3. The number of carbonyl (C=O) groups excluding carboxylic acids is 1. The van der Waals surface area contributed by atoms with Crippen LogP contribution in [0.15, 0.2) is 63.9 Å². The molecule has 0 saturated carbocycles. The fraction of sp³-hybridized carbons (Fsp3) is 0.0500. The average molecular weight is 464 g/mol. The monoisotopic (exact) mass is 463 g/mol. The number of anilines is 1. The van der Waals surface area contributed by atoms with Crippen LogP contribution in [0.5, 0.6) is 0 Å². The summed E-state index contributed by atoms with van der Waals surface area (Å²) in [7, 11) is 0. The maximum Gasteiger partial charge on any atom is 0.276 e. The van der Waals surface area contributed by atoms with Crippen LogP contribution in [0.3, 0.4) is 0 Å². The Morgan fingerprint density at radius 1 is 1.13 bits per heavy atom. The van der Waals surface area contributed by atoms with Gasteiger partial charge in [-0.05, 0) is 47.8 Å². The Morgan fingerprint density at radius 3 is 2.63 bits per heavy atom. The van der Waals surface area contributed by atoms with Crippen LogP contribution < -0.4 is 10.9 Å². The minimum Gasteiger partial charge on any atom is -0.325 e. The Morgan fingerprint density at radius 2 is 1.90 bits per heavy atom. The second-order valence-electron chi connectivity index (χ2n) is 6.11. The zero-order chi connectivity index (χ0) is 21.3. The van der Waals surface area contributed by atoms with Gasteiger partial charge in [-0.2, -0.15) is 0 Å². The lowest BCUT2D eigenvalue weighted by molar-refractivity contribution is -0.113. The summed E-state index contributed by atoms with van der Waals surface area (Å²) in [5, 5.41) is 5.12. The van der Waals surface area contributed by atoms with Crippen molar-refractivity contribution in [2.45, 2.75) is 5.16 Å². The van der Waals surface area contributed by atoms with Crippen LogP contribution in [0.2, 0.25) is 5.02 Å². The van der Waals surface area contributed by atoms with Gasteiger partial charge >= 0.3 is 0 Å². The summed E-state index contributed by atoms with van der Waals surface area (Å²) < 4.78 is 28.3. The van der Waals surface area contributed by atoms with E-state index in [9.17, 15) is 18.4 Å². The molecule has 4 rings (SSSR count). The summed E-state index contributed by atoms with van der Waals surface area (Å²) in [4.78, 5) is 29.8. The molecule has 0 spiro atoms. The summed E-state index contributed by atoms with van der Waals surface area (Å²) >= 11 is 8.29. The normalized spacial score (nSPS) is 11.0. The zero-order valence-corrected chi connectivity index (χ0v) is 17.5. The number of thiophene rings is 1. The van der Waals surface area contributed by atoms with Crippen LogP contribution in [-0.2, 0) is 4.79 Å². The molecule has 5 nitrogen and oxygen atoms in total. The summed E-state index contributed by atoms with van der Waals surface area (Å²) in [5.74, 6) is -2.59. The van der Waals surface area contributed by atoms with Gasteiger partial charge in [0.05, 0.1) is 17.0 Å². The quantitative estimate of drug-likeness (QED) is 0.330. The molecule has 2 aromatic carbocycles. The Labute approximate surface area is 182 Å². The number of carbonyl (C=O) groups is 1. The van der Waals surface area contributed by atoms with E-state index in [-0.39, 0.29) is 17.0 Å². The van der Waals surface area contributed by atoms with Crippen LogP contribution in [0.1, 0.15) is 0 Å². The van der Waals surface area contributed by atoms with Gasteiger partial charge in [0.25, 0.3) is 5.56 Å². The molecule has 1 N–H and O–H groups in total. The third-order valence-electron chi connectivity index (χ3n) is 4.07. The van der Waals surface area contributed by atoms with Crippen molar-refractivity contribution in [2.75, 3.05) is 11.1 Å². The van der Waals surface area contributed by atoms with E-state index in [0.717, 1.165) is 23.9 Å². The molecule has 2 heterocycles. The third-order valence-corrected chi connectivity index (χ3v) is 6.15. The predicted molar refractivity (Wildman–Crippen MR) is 116 cm³/mol. The molecule has 10 heteroatoms. The van der Waals surface area contributed by atoms with Gasteiger partial charge in [-0.15, -0.1) is 11.3 Å². The van der Waals surface area contributed by atoms with Crippen molar-refractivity contribution < 1.29 is 13.6 Å². The van der Waals surface area contributed by atoms with Crippen LogP contribution in [0.25, 0.3) is 15.9 Å². The fourth-order valence-corrected chi connectivity index (χ4v) is 4.41. The summed E-state index contributed by atoms with van der Waals surface area (Å²) in [6, 6.07) is 11.5. The lowest BCUT2D eigenvalue weighted by Gasteiger charge is -2.12. The number of benzene rings is 2. The van der Waals surface area contributed by atoms with E-state index >= 15 is 0 Å². The first-order valence-electron chi connectivity index (χ1n) is 8.56. The number of hydrogen-bond acceptors (Lipinski definition) is 5. The first kappa shape index (κ1) is 20.5. The molecule has 0 aliphatic rings. The van der Waals surface area contributed by atoms with Crippen LogP contribution in [0, 0.1) is 11.6 Å². The second-order valence-corrected chi connectivity index (χ2v) is 8.41. The van der Waals surface area contributed by atoms with Gasteiger partial charge in [0.1, 0.15) is 4.70 Å². The fourth-order valence-electron chi connectivity index (χ4n) is 2.71. The molecule has 30 heavy (non-hydrogen) atoms. The van der Waals surface area contributed by atoms with Crippen molar-refractivity contribution in [1.82, 2.24) is 9.55 Å². The number of aromatic nitrogens is 2. The minimum absolute atomic E-state index is 0.0886. The van der Waals surface area contributed by atoms with Crippen LogP contribution in [-0.4, -0.2) is 21.2 Å². The lowest BCUT2D eigenvalue weighted by Crippen LogP contribution is -2.22. The molecular formula is C20H12ClF2N3O2S2. The molecule has 0 radical (unpaired) electrons. The highest BCUT2D eigenvalue weighted by Gasteiger charge is 2.16. The van der Waals surface area contributed by atoms with Gasteiger partial charge in [0.15, 0.2) is 16.8 Å². The average Bonchev–Trinajstić information content (AvgIpc) is 3.19. The molecule has 0 unspecified atom stereocenters. The third kappa shape index (κ3) is 4.23. The highest BCUT2D eigenvalue weighted by molar-refractivity contribution is 7.99. The van der Waals surface area contributed by atoms with Crippen molar-refractivity contribution >= 4 is 56.5 Å². The molecule has 0 fully saturated rings. The van der Waals surface area contributed by atoms with E-state index in [1.54, 1.807) is 35.7 Å². The summed E-state index contributed by atoms with van der Waals surface area (Å²) in [6.45, 7) is 0. The molecule has 0 saturated heterocycles. The van der Waals surface area contributed by atoms with E-state index in [1.165, 1.54) is 22.0 Å². The number of rotatable bonds is 5. The van der Waals surface area contributed by atoms with Crippen molar-refractivity contribution in [3.05, 3.63) is 80.9 Å². The Hall–Kier alpha value is -2.75. The standard InChI is InChI=1S/C20H12ClF2N3O2S2/c21-11-1-4-13(5-2-11)26-19(28)18-16(7-8-29-18)25-20(26)30-10-17(27)24-12-3-6-14(22)15(23)9-12/h1-9H,10H2,(H,24,27). The van der Waals surface area contributed by atoms with Gasteiger partial charge in [-0.3, -0.25) is 14.2 Å². The molecule has 1 amide bonds. The number of nitrogens with zero attached hydrogens (tertiary/aromatic N) is 2. The lowest BCUT2D eigenvalue weighted by atomic mass is 10.3. The van der Waals surface area contributed by atoms with Gasteiger partial charge in [-0.25, -0.2) is 13.8 Å². The summed E-state index contributed by atoms with van der Waals surface area (Å²) in [5.41, 5.74) is 0.992. The summed E-state index contributed by atoms with van der Waals surface area (Å²) in [6.07, 6.45) is 0. The number of halogens is 3. The smallest absolute Gasteiger partial charge is 0.276 e. The molecular weight excluding hydrogens is 452 g/mol. The molecule has 4 aromatic rings. The first-order chi connectivity index (χ1) is 14.4. The Balaban J connectivity index is 1.62. The molecule has 152 valence electrons. The van der Waals surface area contributed by atoms with Crippen molar-refractivity contribution in [3.8, 4) is 5.69 Å². The van der Waals surface area contributed by atoms with Crippen molar-refractivity contribution in [3.63, 3.8) is 0 Å². The number of nitrogens with one attached hydrogen (secondary N) is 1. The van der Waals surface area contributed by atoms with E-state index < -0.39 is 17.5 Å². The largest absolute Gasteiger partial charge is 0.325 e. The highest BCUT2D eigenvalue weighted by atomic mass is 35.5. The highest BCUT2D eigenvalue weighted by Crippen LogP contribution is 2.24. The second kappa shape index (κ2) is 8.55. The molecule has 2 aromatic heterocycles. The number of fused-ring (bicyclic) bond motifs is 1. The first-order valence-corrected chi connectivity index (χ1v) is 10.8. The van der Waals surface area contributed by atoms with Crippen molar-refractivity contribution in [1.29, 1.82) is 0 Å². The van der Waals surface area contributed by atoms with Crippen molar-refractivity contribution in [2.24, 2.45) is 0 Å². The maximum absolute atomic E-state index is 13.3. The van der Waals surface area contributed by atoms with Crippen LogP contribution >= 0.6 is 34.7 Å². The molecule has 0 atom stereocenters. The topological polar surface area (TPSA) is 64.0 Å². The molecule has 0 aliphatic heterocycles. The van der Waals surface area contributed by atoms with Gasteiger partial charge in [0.2, 0.25) is 5.91 Å².